The summed E-state index contributed by atoms with van der Waals surface area (Å²) in [6.45, 7) is -4.24. The Morgan fingerprint density at radius 1 is 0.692 bits per heavy atom. The van der Waals surface area contributed by atoms with Crippen molar-refractivity contribution in [1.82, 2.24) is 21.4 Å². The molecule has 0 radical (unpaired) electrons. The van der Waals surface area contributed by atoms with Crippen LogP contribution in [0, 0.1) is 20.2 Å². The molecule has 0 aromatic rings. The zero-order valence-electron chi connectivity index (χ0n) is 11.9. The lowest BCUT2D eigenvalue weighted by atomic mass is 9.99. The van der Waals surface area contributed by atoms with Crippen LogP contribution >= 0.6 is 0 Å². The Kier molecular flexibility index (Phi) is 9.67. The highest BCUT2D eigenvalue weighted by Gasteiger charge is 2.48. The maximum atomic E-state index is 12.8. The molecule has 0 aliphatic rings. The molecule has 0 saturated heterocycles. The molecule has 0 heterocycles. The van der Waals surface area contributed by atoms with Crippen molar-refractivity contribution >= 4 is 0 Å². The second kappa shape index (κ2) is 10.6. The van der Waals surface area contributed by atoms with E-state index >= 15 is 0 Å². The van der Waals surface area contributed by atoms with Gasteiger partial charge in [0.1, 0.15) is 12.1 Å². The van der Waals surface area contributed by atoms with Crippen molar-refractivity contribution in [3.05, 3.63) is 20.2 Å². The predicted molar refractivity (Wildman–Crippen MR) is 57.3 cm³/mol. The van der Waals surface area contributed by atoms with Crippen LogP contribution in [0.2, 0.25) is 0 Å². The number of rotatable bonds is 13. The van der Waals surface area contributed by atoms with Crippen LogP contribution in [0.4, 0.5) is 35.9 Å². The Morgan fingerprint density at radius 3 is 1.12 bits per heavy atom. The summed E-state index contributed by atoms with van der Waals surface area (Å²) in [6, 6.07) is -6.34. The zero-order valence-corrected chi connectivity index (χ0v) is 11.9. The third-order valence-electron chi connectivity index (χ3n) is 2.65. The van der Waals surface area contributed by atoms with Crippen molar-refractivity contribution in [2.45, 2.75) is 24.3 Å². The molecular weight excluding hydrogens is 404 g/mol. The minimum atomic E-state index is -3.21. The van der Waals surface area contributed by atoms with Gasteiger partial charge in [-0.2, -0.15) is 0 Å². The summed E-state index contributed by atoms with van der Waals surface area (Å²) in [6.07, 6.45) is -6.42. The van der Waals surface area contributed by atoms with Crippen LogP contribution in [0.25, 0.3) is 0 Å². The van der Waals surface area contributed by atoms with Gasteiger partial charge in [0, 0.05) is 21.4 Å². The van der Waals surface area contributed by atoms with E-state index in [4.69, 9.17) is 0 Å². The Labute approximate surface area is 136 Å². The van der Waals surface area contributed by atoms with Gasteiger partial charge >= 0.3 is 0 Å². The van der Waals surface area contributed by atoms with E-state index in [1.165, 1.54) is 0 Å². The molecule has 0 aromatic heterocycles. The largest absolute Gasteiger partial charge is 0.306 e. The summed E-state index contributed by atoms with van der Waals surface area (Å²) in [7, 11) is 0. The summed E-state index contributed by atoms with van der Waals surface area (Å²) in [4.78, 5) is 27.8. The van der Waals surface area contributed by atoms with Crippen LogP contribution in [0.3, 0.4) is 0 Å². The van der Waals surface area contributed by atoms with Crippen LogP contribution in [-0.4, -0.2) is 68.9 Å². The van der Waals surface area contributed by atoms with E-state index < -0.39 is 68.9 Å². The quantitative estimate of drug-likeness (QED) is 0.189. The molecule has 0 N–H and O–H groups in total. The van der Waals surface area contributed by atoms with Gasteiger partial charge < -0.3 is 9.68 Å². The number of hydrogen-bond donors (Lipinski definition) is 0. The monoisotopic (exact) mass is 412 g/mol. The first-order chi connectivity index (χ1) is 11.9. The average Bonchev–Trinajstić information content (AvgIpc) is 2.44. The zero-order chi connectivity index (χ0) is 20.6. The molecule has 20 heteroatoms. The first-order valence-electron chi connectivity index (χ1n) is 5.88. The molecule has 0 amide bonds. The SMILES string of the molecule is O=[N+]([O-])OC(C(O[N+](=O)[O-])C(CN(F)F)N(F)F)C(CN(F)F)N(F)F. The van der Waals surface area contributed by atoms with E-state index in [1.54, 1.807) is 0 Å². The van der Waals surface area contributed by atoms with Gasteiger partial charge in [-0.3, -0.25) is 0 Å². The lowest BCUT2D eigenvalue weighted by Crippen LogP contribution is -2.58. The van der Waals surface area contributed by atoms with E-state index in [0.29, 0.717) is 0 Å². The van der Waals surface area contributed by atoms with E-state index in [-0.39, 0.29) is 0 Å². The molecule has 154 valence electrons. The highest BCUT2D eigenvalue weighted by molar-refractivity contribution is 4.88. The third kappa shape index (κ3) is 8.17. The van der Waals surface area contributed by atoms with Crippen molar-refractivity contribution in [3.8, 4) is 0 Å². The van der Waals surface area contributed by atoms with E-state index in [2.05, 4.69) is 9.68 Å². The average molecular weight is 412 g/mol. The molecule has 4 unspecified atom stereocenters. The van der Waals surface area contributed by atoms with Crippen molar-refractivity contribution in [2.75, 3.05) is 13.1 Å². The van der Waals surface area contributed by atoms with Crippen LogP contribution in [0.15, 0.2) is 0 Å². The van der Waals surface area contributed by atoms with Crippen LogP contribution in [-0.2, 0) is 9.68 Å². The lowest BCUT2D eigenvalue weighted by molar-refractivity contribution is -0.802. The Morgan fingerprint density at radius 2 is 0.962 bits per heavy atom. The van der Waals surface area contributed by atoms with Crippen molar-refractivity contribution in [2.24, 2.45) is 0 Å². The Bertz CT molecular complexity index is 421. The lowest BCUT2D eigenvalue weighted by Gasteiger charge is -2.33. The van der Waals surface area contributed by atoms with Crippen LogP contribution < -0.4 is 0 Å². The smallest absolute Gasteiger partial charge is 0.294 e. The number of nitrogens with zero attached hydrogens (tertiary/aromatic N) is 6. The van der Waals surface area contributed by atoms with Crippen molar-refractivity contribution in [1.29, 1.82) is 0 Å². The van der Waals surface area contributed by atoms with Gasteiger partial charge in [0.2, 0.25) is 0 Å². The minimum absolute atomic E-state index is 1.93. The van der Waals surface area contributed by atoms with Crippen molar-refractivity contribution < 1.29 is 55.7 Å². The fraction of sp³-hybridized carbons (Fsp3) is 1.00. The maximum absolute atomic E-state index is 12.8. The Balaban J connectivity index is 6.04. The highest BCUT2D eigenvalue weighted by atomic mass is 19.4. The normalized spacial score (nSPS) is 16.6. The van der Waals surface area contributed by atoms with Gasteiger partial charge in [0.15, 0.2) is 12.2 Å². The first-order valence-corrected chi connectivity index (χ1v) is 5.88. The molecule has 0 aliphatic carbocycles. The fourth-order valence-electron chi connectivity index (χ4n) is 1.73. The molecule has 26 heavy (non-hydrogen) atoms. The highest BCUT2D eigenvalue weighted by Crippen LogP contribution is 2.24. The summed E-state index contributed by atoms with van der Waals surface area (Å²) in [5.41, 5.74) is 0. The Hall–Kier alpha value is -2.32. The fourth-order valence-corrected chi connectivity index (χ4v) is 1.73. The molecule has 0 saturated carbocycles. The molecule has 0 rings (SSSR count). The van der Waals surface area contributed by atoms with Gasteiger partial charge in [-0.25, -0.2) is 0 Å². The second-order valence-electron chi connectivity index (χ2n) is 4.21. The first kappa shape index (κ1) is 23.7. The standard InChI is InChI=1S/C6H8F8N6O6/c7-15(8)1-3(17(11)12)5(25-19(21)22)6(26-20(23)24)4(18(13)14)2-16(9)10/h3-6H,1-2H2. The van der Waals surface area contributed by atoms with E-state index in [9.17, 15) is 56.1 Å². The molecular formula is C6H8F8N6O6. The van der Waals surface area contributed by atoms with Gasteiger partial charge in [-0.05, 0) is 0 Å². The van der Waals surface area contributed by atoms with Gasteiger partial charge in [0.05, 0.1) is 13.1 Å². The number of halogens is 8. The predicted octanol–water partition coefficient (Wildman–Crippen LogP) is 1.16. The molecule has 0 fully saturated rings. The summed E-state index contributed by atoms with van der Waals surface area (Å²) in [5, 5.41) is 8.56. The van der Waals surface area contributed by atoms with E-state index in [1.807, 2.05) is 0 Å². The van der Waals surface area contributed by atoms with Crippen molar-refractivity contribution in [3.63, 3.8) is 0 Å². The summed E-state index contributed by atoms with van der Waals surface area (Å²) < 4.78 is 100.0. The van der Waals surface area contributed by atoms with Crippen LogP contribution in [0.5, 0.6) is 0 Å². The topological polar surface area (TPSA) is 118 Å². The van der Waals surface area contributed by atoms with Gasteiger partial charge in [0.25, 0.3) is 10.2 Å². The number of hydrogen-bond acceptors (Lipinski definition) is 10. The molecule has 0 spiro atoms. The minimum Gasteiger partial charge on any atom is -0.306 e. The summed E-state index contributed by atoms with van der Waals surface area (Å²) >= 11 is 0. The molecule has 0 bridgehead atoms. The van der Waals surface area contributed by atoms with Gasteiger partial charge in [-0.15, -0.1) is 56.1 Å². The summed E-state index contributed by atoms with van der Waals surface area (Å²) in [5.74, 6) is 0. The third-order valence-corrected chi connectivity index (χ3v) is 2.65. The molecule has 0 aliphatic heterocycles. The molecule has 4 atom stereocenters. The van der Waals surface area contributed by atoms with Gasteiger partial charge in [-0.1, -0.05) is 0 Å². The second-order valence-corrected chi connectivity index (χ2v) is 4.21. The maximum Gasteiger partial charge on any atom is 0.294 e. The van der Waals surface area contributed by atoms with E-state index in [0.717, 1.165) is 0 Å². The molecule has 0 aromatic carbocycles. The van der Waals surface area contributed by atoms with Crippen LogP contribution in [0.1, 0.15) is 0 Å². The molecule has 12 nitrogen and oxygen atoms in total.